The van der Waals surface area contributed by atoms with Gasteiger partial charge in [-0.1, -0.05) is 68.0 Å². The number of benzene rings is 2. The third-order valence-electron chi connectivity index (χ3n) is 5.72. The molecule has 0 radical (unpaired) electrons. The Hall–Kier alpha value is -2.04. The van der Waals surface area contributed by atoms with E-state index in [0.29, 0.717) is 0 Å². The van der Waals surface area contributed by atoms with Crippen LogP contribution in [0.25, 0.3) is 16.3 Å². The first-order chi connectivity index (χ1) is 15.1. The topological polar surface area (TPSA) is 7.12 Å². The smallest absolute Gasteiger partial charge is 0.262 e. The highest BCUT2D eigenvalue weighted by molar-refractivity contribution is 8.03. The molecule has 2 aromatic carbocycles. The molecule has 0 spiro atoms. The van der Waals surface area contributed by atoms with Crippen LogP contribution in [0, 0.1) is 13.8 Å². The maximum absolute atomic E-state index is 2.49. The molecule has 2 heterocycles. The van der Waals surface area contributed by atoms with Gasteiger partial charge in [0.2, 0.25) is 5.52 Å². The van der Waals surface area contributed by atoms with Gasteiger partial charge in [-0.3, -0.25) is 0 Å². The highest BCUT2D eigenvalue weighted by atomic mass is 32.2. The van der Waals surface area contributed by atoms with Crippen LogP contribution in [0.1, 0.15) is 55.7 Å². The fraction of sp³-hybridized carbons (Fsp3) is 0.370. The van der Waals surface area contributed by atoms with Crippen molar-refractivity contribution < 1.29 is 4.57 Å². The van der Waals surface area contributed by atoms with Crippen molar-refractivity contribution in [2.45, 2.75) is 64.8 Å². The molecule has 1 aliphatic heterocycles. The van der Waals surface area contributed by atoms with Crippen LogP contribution in [0.3, 0.4) is 0 Å². The lowest BCUT2D eigenvalue weighted by atomic mass is 10.2. The summed E-state index contributed by atoms with van der Waals surface area (Å²) in [6.45, 7) is 11.0. The summed E-state index contributed by atoms with van der Waals surface area (Å²) < 4.78 is 3.87. The Bertz CT molecular complexity index is 1120. The van der Waals surface area contributed by atoms with E-state index >= 15 is 0 Å². The molecule has 0 N–H and O–H groups in total. The predicted octanol–water partition coefficient (Wildman–Crippen LogP) is 7.87. The van der Waals surface area contributed by atoms with Crippen molar-refractivity contribution in [1.82, 2.24) is 0 Å². The van der Waals surface area contributed by atoms with Gasteiger partial charge in [-0.05, 0) is 55.7 Å². The molecule has 0 saturated carbocycles. The largest absolute Gasteiger partial charge is 0.335 e. The van der Waals surface area contributed by atoms with Gasteiger partial charge in [0.15, 0.2) is 6.54 Å². The summed E-state index contributed by atoms with van der Waals surface area (Å²) >= 11 is 3.80. The Morgan fingerprint density at radius 2 is 1.74 bits per heavy atom. The maximum atomic E-state index is 2.49. The van der Waals surface area contributed by atoms with E-state index in [2.05, 4.69) is 91.8 Å². The minimum Gasteiger partial charge on any atom is -0.335 e. The third kappa shape index (κ3) is 4.91. The summed E-state index contributed by atoms with van der Waals surface area (Å²) in [4.78, 5) is 3.87. The van der Waals surface area contributed by atoms with Crippen LogP contribution in [0.5, 0.6) is 0 Å². The molecule has 0 saturated heterocycles. The zero-order chi connectivity index (χ0) is 21.8. The van der Waals surface area contributed by atoms with Gasteiger partial charge in [0.1, 0.15) is 4.70 Å². The monoisotopic (exact) mass is 449 g/mol. The second-order valence-corrected chi connectivity index (χ2v) is 10.5. The minimum absolute atomic E-state index is 1.08. The lowest BCUT2D eigenvalue weighted by molar-refractivity contribution is -0.669. The fourth-order valence-corrected chi connectivity index (χ4v) is 6.38. The van der Waals surface area contributed by atoms with E-state index in [1.807, 2.05) is 23.1 Å². The van der Waals surface area contributed by atoms with Crippen LogP contribution >= 0.6 is 23.1 Å². The number of thioether (sulfide) groups is 1. The van der Waals surface area contributed by atoms with Gasteiger partial charge in [0.25, 0.3) is 5.01 Å². The van der Waals surface area contributed by atoms with E-state index < -0.39 is 0 Å². The van der Waals surface area contributed by atoms with Crippen LogP contribution in [0.15, 0.2) is 58.5 Å². The molecular formula is C27H33N2S2+. The molecular weight excluding hydrogens is 416 g/mol. The highest BCUT2D eigenvalue weighted by Crippen LogP contribution is 2.46. The van der Waals surface area contributed by atoms with Crippen LogP contribution < -0.4 is 9.47 Å². The van der Waals surface area contributed by atoms with E-state index in [-0.39, 0.29) is 0 Å². The fourth-order valence-electron chi connectivity index (χ4n) is 3.98. The Morgan fingerprint density at radius 1 is 0.968 bits per heavy atom. The van der Waals surface area contributed by atoms with E-state index in [1.165, 1.54) is 67.6 Å². The molecule has 4 rings (SSSR count). The van der Waals surface area contributed by atoms with Gasteiger partial charge in [-0.15, -0.1) is 0 Å². The summed E-state index contributed by atoms with van der Waals surface area (Å²) in [7, 11) is 0. The second kappa shape index (κ2) is 10.1. The quantitative estimate of drug-likeness (QED) is 0.323. The second-order valence-electron chi connectivity index (χ2n) is 8.36. The molecule has 0 unspecified atom stereocenters. The average molecular weight is 450 g/mol. The number of fused-ring (bicyclic) bond motifs is 2. The van der Waals surface area contributed by atoms with Crippen molar-refractivity contribution in [3.63, 3.8) is 0 Å². The zero-order valence-electron chi connectivity index (χ0n) is 19.1. The van der Waals surface area contributed by atoms with Gasteiger partial charge in [0.05, 0.1) is 10.7 Å². The van der Waals surface area contributed by atoms with Crippen molar-refractivity contribution in [2.75, 3.05) is 11.4 Å². The van der Waals surface area contributed by atoms with E-state index in [9.17, 15) is 0 Å². The van der Waals surface area contributed by atoms with Crippen molar-refractivity contribution in [1.29, 1.82) is 0 Å². The van der Waals surface area contributed by atoms with Gasteiger partial charge in [-0.2, -0.15) is 4.57 Å². The molecule has 0 atom stereocenters. The van der Waals surface area contributed by atoms with Crippen LogP contribution in [-0.4, -0.2) is 6.54 Å². The van der Waals surface area contributed by atoms with E-state index in [4.69, 9.17) is 0 Å². The molecule has 0 bridgehead atoms. The van der Waals surface area contributed by atoms with E-state index in [0.717, 1.165) is 13.1 Å². The van der Waals surface area contributed by atoms with Crippen molar-refractivity contribution in [3.05, 3.63) is 69.7 Å². The number of thiazole rings is 1. The van der Waals surface area contributed by atoms with Crippen LogP contribution in [0.2, 0.25) is 0 Å². The molecule has 0 fully saturated rings. The normalized spacial score (nSPS) is 15.0. The first kappa shape index (κ1) is 22.2. The van der Waals surface area contributed by atoms with Gasteiger partial charge in [-0.25, -0.2) is 0 Å². The molecule has 2 nitrogen and oxygen atoms in total. The molecule has 4 heteroatoms. The number of anilines is 1. The molecule has 31 heavy (non-hydrogen) atoms. The number of hydrogen-bond acceptors (Lipinski definition) is 3. The summed E-state index contributed by atoms with van der Waals surface area (Å²) in [5, 5.41) is 2.67. The number of nitrogens with zero attached hydrogens (tertiary/aromatic N) is 2. The Kier molecular flexibility index (Phi) is 7.19. The number of allylic oxidation sites excluding steroid dienone is 2. The summed E-state index contributed by atoms with van der Waals surface area (Å²) in [5.74, 6) is 0. The summed E-state index contributed by atoms with van der Waals surface area (Å²) in [6, 6.07) is 13.7. The summed E-state index contributed by atoms with van der Waals surface area (Å²) in [5.41, 5.74) is 5.38. The average Bonchev–Trinajstić information content (AvgIpc) is 3.27. The lowest BCUT2D eigenvalue weighted by Crippen LogP contribution is -2.34. The molecule has 0 aliphatic carbocycles. The Balaban J connectivity index is 1.64. The first-order valence-corrected chi connectivity index (χ1v) is 13.1. The molecule has 0 amide bonds. The zero-order valence-corrected chi connectivity index (χ0v) is 20.8. The maximum Gasteiger partial charge on any atom is 0.262 e. The van der Waals surface area contributed by atoms with E-state index in [1.54, 1.807) is 0 Å². The van der Waals surface area contributed by atoms with Crippen molar-refractivity contribution >= 4 is 45.1 Å². The van der Waals surface area contributed by atoms with Gasteiger partial charge >= 0.3 is 0 Å². The van der Waals surface area contributed by atoms with Crippen molar-refractivity contribution in [2.24, 2.45) is 0 Å². The summed E-state index contributed by atoms with van der Waals surface area (Å²) in [6.07, 6.45) is 11.7. The van der Waals surface area contributed by atoms with Gasteiger partial charge < -0.3 is 4.90 Å². The van der Waals surface area contributed by atoms with Gasteiger partial charge in [0, 0.05) is 30.0 Å². The third-order valence-corrected chi connectivity index (χ3v) is 7.95. The molecule has 162 valence electrons. The number of unbranched alkanes of at least 4 members (excludes halogenated alkanes) is 2. The van der Waals surface area contributed by atoms with Crippen molar-refractivity contribution in [3.8, 4) is 0 Å². The number of aromatic nitrogens is 1. The molecule has 1 aromatic heterocycles. The Labute approximate surface area is 195 Å². The standard InChI is InChI=1S/C27H33N2S2/c1-5-7-16-28-22-14-12-20(3)18-24(22)30-26(28)10-9-11-27-29(17-8-6-2)23-15-13-21(4)19-25(23)31-27/h9-15,18-19H,5-8,16-17H2,1-4H3/q+1. The number of aryl methyl sites for hydroxylation is 3. The molecule has 3 aromatic rings. The molecule has 1 aliphatic rings. The van der Waals surface area contributed by atoms with Crippen LogP contribution in [-0.2, 0) is 6.54 Å². The predicted molar refractivity (Wildman–Crippen MR) is 138 cm³/mol. The lowest BCUT2D eigenvalue weighted by Gasteiger charge is -2.19. The SMILES string of the molecule is CCCCN1C(=CC=Cc2sc3cc(C)ccc3[n+]2CCCC)Sc2cc(C)ccc21. The van der Waals surface area contributed by atoms with Crippen LogP contribution in [0.4, 0.5) is 5.69 Å². The number of rotatable bonds is 8. The first-order valence-electron chi connectivity index (χ1n) is 11.5. The Morgan fingerprint density at radius 3 is 2.55 bits per heavy atom. The minimum atomic E-state index is 1.08. The highest BCUT2D eigenvalue weighted by Gasteiger charge is 2.24. The number of hydrogen-bond donors (Lipinski definition) is 0.